The number of para-hydroxylation sites is 1. The van der Waals surface area contributed by atoms with Crippen LogP contribution in [-0.2, 0) is 19.4 Å². The van der Waals surface area contributed by atoms with Gasteiger partial charge in [-0.15, -0.1) is 0 Å². The summed E-state index contributed by atoms with van der Waals surface area (Å²) in [7, 11) is 0. The topological polar surface area (TPSA) is 95.9 Å². The molecule has 8 heteroatoms. The fourth-order valence-electron chi connectivity index (χ4n) is 5.00. The minimum Gasteiger partial charge on any atom is -0.349 e. The Morgan fingerprint density at radius 3 is 2.94 bits per heavy atom. The zero-order valence-corrected chi connectivity index (χ0v) is 18.3. The van der Waals surface area contributed by atoms with Crippen LogP contribution in [0.4, 0.5) is 0 Å². The van der Waals surface area contributed by atoms with Crippen molar-refractivity contribution in [3.8, 4) is 0 Å². The molecule has 0 spiro atoms. The number of nitrogens with one attached hydrogen (secondary N) is 2. The number of fused-ring (bicyclic) bond motifs is 2. The largest absolute Gasteiger partial charge is 0.349 e. The van der Waals surface area contributed by atoms with Crippen molar-refractivity contribution in [2.45, 2.75) is 57.5 Å². The van der Waals surface area contributed by atoms with Crippen LogP contribution in [-0.4, -0.2) is 56.5 Å². The summed E-state index contributed by atoms with van der Waals surface area (Å²) >= 11 is 0. The monoisotopic (exact) mass is 434 g/mol. The number of aryl methyl sites for hydroxylation is 2. The highest BCUT2D eigenvalue weighted by molar-refractivity contribution is 6.04. The van der Waals surface area contributed by atoms with Gasteiger partial charge in [-0.25, -0.2) is 4.68 Å². The van der Waals surface area contributed by atoms with E-state index in [1.807, 2.05) is 24.3 Å². The molecule has 2 aromatic heterocycles. The van der Waals surface area contributed by atoms with Crippen molar-refractivity contribution in [2.24, 2.45) is 0 Å². The van der Waals surface area contributed by atoms with E-state index in [4.69, 9.17) is 0 Å². The summed E-state index contributed by atoms with van der Waals surface area (Å²) in [6, 6.07) is 9.69. The highest BCUT2D eigenvalue weighted by atomic mass is 16.2. The first-order chi connectivity index (χ1) is 15.7. The van der Waals surface area contributed by atoms with Crippen LogP contribution in [0.5, 0.6) is 0 Å². The van der Waals surface area contributed by atoms with Crippen LogP contribution in [0.1, 0.15) is 53.8 Å². The lowest BCUT2D eigenvalue weighted by atomic mass is 9.97. The number of nitrogens with zero attached hydrogens (tertiary/aromatic N) is 4. The van der Waals surface area contributed by atoms with Gasteiger partial charge in [0, 0.05) is 30.6 Å². The van der Waals surface area contributed by atoms with Crippen LogP contribution in [0.15, 0.2) is 35.1 Å². The number of likely N-dealkylation sites (tertiary alicyclic amines) is 1. The molecule has 1 aliphatic heterocycles. The molecule has 0 bridgehead atoms. The Bertz CT molecular complexity index is 1170. The molecule has 3 heterocycles. The molecule has 1 saturated heterocycles. The number of hydrogen-bond donors (Lipinski definition) is 2. The van der Waals surface area contributed by atoms with Gasteiger partial charge in [0.1, 0.15) is 0 Å². The number of carbonyl (C=O) groups is 1. The maximum atomic E-state index is 12.8. The van der Waals surface area contributed by atoms with E-state index in [1.54, 1.807) is 10.7 Å². The van der Waals surface area contributed by atoms with Gasteiger partial charge >= 0.3 is 0 Å². The van der Waals surface area contributed by atoms with Crippen LogP contribution in [0, 0.1) is 0 Å². The normalized spacial score (nSPS) is 19.1. The molecule has 1 amide bonds. The predicted molar refractivity (Wildman–Crippen MR) is 123 cm³/mol. The SMILES string of the molecule is O=C(NCC1CCCCN1CCn1nc2c(cc1=O)CCCC2)c1n[nH]c2ccccc12. The third-order valence-corrected chi connectivity index (χ3v) is 6.81. The van der Waals surface area contributed by atoms with Gasteiger partial charge in [0.25, 0.3) is 11.5 Å². The van der Waals surface area contributed by atoms with Gasteiger partial charge in [0.2, 0.25) is 0 Å². The second-order valence-corrected chi connectivity index (χ2v) is 8.90. The molecule has 168 valence electrons. The Kier molecular flexibility index (Phi) is 6.03. The number of H-pyrrole nitrogens is 1. The molecule has 2 N–H and O–H groups in total. The quantitative estimate of drug-likeness (QED) is 0.621. The van der Waals surface area contributed by atoms with E-state index in [0.29, 0.717) is 18.8 Å². The number of aromatic nitrogens is 4. The molecule has 1 atom stereocenters. The van der Waals surface area contributed by atoms with Gasteiger partial charge in [-0.1, -0.05) is 24.6 Å². The van der Waals surface area contributed by atoms with Gasteiger partial charge in [0.05, 0.1) is 17.8 Å². The Labute approximate surface area is 187 Å². The first-order valence-electron chi connectivity index (χ1n) is 11.7. The molecule has 8 nitrogen and oxygen atoms in total. The maximum Gasteiger partial charge on any atom is 0.272 e. The smallest absolute Gasteiger partial charge is 0.272 e. The van der Waals surface area contributed by atoms with E-state index < -0.39 is 0 Å². The molecule has 1 aliphatic carbocycles. The highest BCUT2D eigenvalue weighted by Gasteiger charge is 2.24. The number of rotatable bonds is 6. The molecular weight excluding hydrogens is 404 g/mol. The molecule has 1 fully saturated rings. The lowest BCUT2D eigenvalue weighted by Gasteiger charge is -2.35. The Balaban J connectivity index is 1.22. The minimum atomic E-state index is -0.152. The number of piperidine rings is 1. The van der Waals surface area contributed by atoms with Gasteiger partial charge < -0.3 is 5.32 Å². The minimum absolute atomic E-state index is 0.00192. The number of hydrogen-bond acceptors (Lipinski definition) is 5. The predicted octanol–water partition coefficient (Wildman–Crippen LogP) is 2.28. The van der Waals surface area contributed by atoms with Crippen molar-refractivity contribution in [2.75, 3.05) is 19.6 Å². The lowest BCUT2D eigenvalue weighted by molar-refractivity contribution is 0.0906. The second-order valence-electron chi connectivity index (χ2n) is 8.90. The lowest BCUT2D eigenvalue weighted by Crippen LogP contribution is -2.48. The molecule has 2 aliphatic rings. The van der Waals surface area contributed by atoms with E-state index in [0.717, 1.165) is 80.2 Å². The van der Waals surface area contributed by atoms with Crippen LogP contribution in [0.25, 0.3) is 10.9 Å². The number of carbonyl (C=O) groups excluding carboxylic acids is 1. The summed E-state index contributed by atoms with van der Waals surface area (Å²) in [5, 5.41) is 15.7. The van der Waals surface area contributed by atoms with E-state index >= 15 is 0 Å². The van der Waals surface area contributed by atoms with Crippen molar-refractivity contribution in [1.82, 2.24) is 30.2 Å². The molecular formula is C24H30N6O2. The van der Waals surface area contributed by atoms with Crippen LogP contribution in [0.2, 0.25) is 0 Å². The summed E-state index contributed by atoms with van der Waals surface area (Å²) in [4.78, 5) is 27.7. The molecule has 1 unspecified atom stereocenters. The highest BCUT2D eigenvalue weighted by Crippen LogP contribution is 2.19. The summed E-state index contributed by atoms with van der Waals surface area (Å²) < 4.78 is 1.63. The fourth-order valence-corrected chi connectivity index (χ4v) is 5.00. The molecule has 5 rings (SSSR count). The second kappa shape index (κ2) is 9.24. The van der Waals surface area contributed by atoms with Gasteiger partial charge in [-0.05, 0) is 56.7 Å². The first kappa shape index (κ1) is 20.9. The standard InChI is InChI=1S/C24H30N6O2/c31-22-15-17-7-1-3-10-20(17)28-30(22)14-13-29-12-6-5-8-18(29)16-25-24(32)23-19-9-2-4-11-21(19)26-27-23/h2,4,9,11,15,18H,1,3,5-8,10,12-14,16H2,(H,25,32)(H,26,27). The van der Waals surface area contributed by atoms with Crippen molar-refractivity contribution in [3.05, 3.63) is 57.6 Å². The zero-order valence-electron chi connectivity index (χ0n) is 18.3. The Morgan fingerprint density at radius 2 is 2.00 bits per heavy atom. The molecule has 1 aromatic carbocycles. The average Bonchev–Trinajstić information content (AvgIpc) is 3.26. The summed E-state index contributed by atoms with van der Waals surface area (Å²) in [5.41, 5.74) is 3.51. The van der Waals surface area contributed by atoms with Crippen molar-refractivity contribution < 1.29 is 4.79 Å². The maximum absolute atomic E-state index is 12.8. The molecule has 0 saturated carbocycles. The Morgan fingerprint density at radius 1 is 1.12 bits per heavy atom. The van der Waals surface area contributed by atoms with E-state index in [-0.39, 0.29) is 17.5 Å². The van der Waals surface area contributed by atoms with E-state index in [1.165, 1.54) is 0 Å². The fraction of sp³-hybridized carbons (Fsp3) is 0.500. The average molecular weight is 435 g/mol. The van der Waals surface area contributed by atoms with Crippen LogP contribution < -0.4 is 10.9 Å². The van der Waals surface area contributed by atoms with E-state index in [9.17, 15) is 9.59 Å². The third-order valence-electron chi connectivity index (χ3n) is 6.81. The van der Waals surface area contributed by atoms with Crippen molar-refractivity contribution in [3.63, 3.8) is 0 Å². The van der Waals surface area contributed by atoms with Crippen LogP contribution in [0.3, 0.4) is 0 Å². The van der Waals surface area contributed by atoms with Gasteiger partial charge in [-0.2, -0.15) is 10.2 Å². The summed E-state index contributed by atoms with van der Waals surface area (Å²) in [5.74, 6) is -0.152. The number of aromatic amines is 1. The zero-order chi connectivity index (χ0) is 21.9. The molecule has 32 heavy (non-hydrogen) atoms. The van der Waals surface area contributed by atoms with Gasteiger partial charge in [0.15, 0.2) is 5.69 Å². The van der Waals surface area contributed by atoms with Gasteiger partial charge in [-0.3, -0.25) is 19.6 Å². The first-order valence-corrected chi connectivity index (χ1v) is 11.7. The van der Waals surface area contributed by atoms with Crippen LogP contribution >= 0.6 is 0 Å². The molecule has 0 radical (unpaired) electrons. The summed E-state index contributed by atoms with van der Waals surface area (Å²) in [6.45, 7) is 2.90. The van der Waals surface area contributed by atoms with E-state index in [2.05, 4.69) is 25.5 Å². The number of benzene rings is 1. The third kappa shape index (κ3) is 4.32. The Hall–Kier alpha value is -3.00. The van der Waals surface area contributed by atoms with Crippen molar-refractivity contribution in [1.29, 1.82) is 0 Å². The molecule has 3 aromatic rings. The van der Waals surface area contributed by atoms with Crippen molar-refractivity contribution >= 4 is 16.8 Å². The summed E-state index contributed by atoms with van der Waals surface area (Å²) in [6.07, 6.45) is 7.56. The number of amides is 1.